The van der Waals surface area contributed by atoms with E-state index < -0.39 is 12.3 Å². The topological polar surface area (TPSA) is 41.6 Å². The first-order chi connectivity index (χ1) is 12.6. The molecular formula is C20H18ClFN2O2. The third kappa shape index (κ3) is 3.59. The first-order valence-electron chi connectivity index (χ1n) is 8.50. The number of nitrogens with zero attached hydrogens (tertiary/aromatic N) is 1. The molecule has 0 spiro atoms. The molecule has 4 nitrogen and oxygen atoms in total. The number of nitrogens with one attached hydrogen (secondary N) is 1. The van der Waals surface area contributed by atoms with E-state index in [4.69, 9.17) is 16.3 Å². The van der Waals surface area contributed by atoms with Crippen LogP contribution in [0.1, 0.15) is 17.5 Å². The van der Waals surface area contributed by atoms with Crippen LogP contribution in [0.25, 0.3) is 5.57 Å². The lowest BCUT2D eigenvalue weighted by atomic mass is 9.99. The van der Waals surface area contributed by atoms with Gasteiger partial charge < -0.3 is 10.1 Å². The number of fused-ring (bicyclic) bond motifs is 1. The highest BCUT2D eigenvalue weighted by molar-refractivity contribution is 6.30. The van der Waals surface area contributed by atoms with Gasteiger partial charge in [-0.2, -0.15) is 4.39 Å². The molecule has 1 atom stereocenters. The molecule has 0 fully saturated rings. The zero-order valence-electron chi connectivity index (χ0n) is 14.0. The van der Waals surface area contributed by atoms with Gasteiger partial charge in [0.1, 0.15) is 5.75 Å². The number of ether oxygens (including phenoxy) is 1. The number of carbonyl (C=O) groups excluding carboxylic acids is 1. The summed E-state index contributed by atoms with van der Waals surface area (Å²) in [7, 11) is 0. The number of alkyl halides is 1. The SMILES string of the molecule is O=C1Nc2cc(CN3CC=C(c4ccc(Cl)cc4)CC3)ccc2OC1F. The van der Waals surface area contributed by atoms with Crippen molar-refractivity contribution in [2.75, 3.05) is 18.4 Å². The van der Waals surface area contributed by atoms with Gasteiger partial charge in [0.05, 0.1) is 5.69 Å². The van der Waals surface area contributed by atoms with Gasteiger partial charge in [-0.1, -0.05) is 35.9 Å². The van der Waals surface area contributed by atoms with Crippen molar-refractivity contribution in [3.8, 4) is 5.75 Å². The zero-order chi connectivity index (χ0) is 18.1. The van der Waals surface area contributed by atoms with Gasteiger partial charge in [0.25, 0.3) is 5.91 Å². The van der Waals surface area contributed by atoms with Gasteiger partial charge in [-0.3, -0.25) is 9.69 Å². The maximum atomic E-state index is 13.3. The van der Waals surface area contributed by atoms with Crippen molar-refractivity contribution in [1.82, 2.24) is 4.90 Å². The van der Waals surface area contributed by atoms with Crippen LogP contribution in [0.2, 0.25) is 5.02 Å². The van der Waals surface area contributed by atoms with Crippen LogP contribution in [0, 0.1) is 0 Å². The van der Waals surface area contributed by atoms with Crippen molar-refractivity contribution < 1.29 is 13.9 Å². The van der Waals surface area contributed by atoms with Crippen LogP contribution in [-0.2, 0) is 11.3 Å². The van der Waals surface area contributed by atoms with Crippen LogP contribution < -0.4 is 10.1 Å². The Hall–Kier alpha value is -2.37. The average Bonchev–Trinajstić information content (AvgIpc) is 2.64. The number of halogens is 2. The summed E-state index contributed by atoms with van der Waals surface area (Å²) in [6, 6.07) is 13.4. The van der Waals surface area contributed by atoms with E-state index >= 15 is 0 Å². The second kappa shape index (κ2) is 7.09. The Kier molecular flexibility index (Phi) is 4.66. The summed E-state index contributed by atoms with van der Waals surface area (Å²) < 4.78 is 18.2. The normalized spacial score (nSPS) is 20.0. The Labute approximate surface area is 156 Å². The predicted molar refractivity (Wildman–Crippen MR) is 99.9 cm³/mol. The smallest absolute Gasteiger partial charge is 0.317 e. The molecule has 2 aromatic rings. The lowest BCUT2D eigenvalue weighted by Gasteiger charge is -2.27. The lowest BCUT2D eigenvalue weighted by Crippen LogP contribution is -2.33. The predicted octanol–water partition coefficient (Wildman–Crippen LogP) is 4.26. The van der Waals surface area contributed by atoms with E-state index in [0.29, 0.717) is 11.4 Å². The van der Waals surface area contributed by atoms with Gasteiger partial charge in [0.2, 0.25) is 0 Å². The van der Waals surface area contributed by atoms with Crippen LogP contribution in [0.5, 0.6) is 5.75 Å². The molecule has 1 amide bonds. The molecule has 0 aliphatic carbocycles. The Morgan fingerprint density at radius 1 is 1.23 bits per heavy atom. The molecule has 0 radical (unpaired) electrons. The first-order valence-corrected chi connectivity index (χ1v) is 8.88. The van der Waals surface area contributed by atoms with Gasteiger partial charge in [0.15, 0.2) is 0 Å². The molecule has 4 rings (SSSR count). The maximum Gasteiger partial charge on any atom is 0.317 e. The summed E-state index contributed by atoms with van der Waals surface area (Å²) in [6.45, 7) is 2.55. The van der Waals surface area contributed by atoms with Crippen molar-refractivity contribution >= 4 is 28.8 Å². The highest BCUT2D eigenvalue weighted by atomic mass is 35.5. The number of hydrogen-bond donors (Lipinski definition) is 1. The fraction of sp³-hybridized carbons (Fsp3) is 0.250. The molecule has 2 heterocycles. The second-order valence-corrected chi connectivity index (χ2v) is 6.91. The first kappa shape index (κ1) is 17.1. The van der Waals surface area contributed by atoms with Crippen LogP contribution >= 0.6 is 11.6 Å². The second-order valence-electron chi connectivity index (χ2n) is 6.48. The summed E-state index contributed by atoms with van der Waals surface area (Å²) in [5, 5.41) is 3.28. The van der Waals surface area contributed by atoms with Crippen LogP contribution in [0.4, 0.5) is 10.1 Å². The number of benzene rings is 2. The number of rotatable bonds is 3. The molecule has 0 saturated heterocycles. The van der Waals surface area contributed by atoms with Gasteiger partial charge in [-0.15, -0.1) is 0 Å². The van der Waals surface area contributed by atoms with Crippen LogP contribution in [0.3, 0.4) is 0 Å². The summed E-state index contributed by atoms with van der Waals surface area (Å²) in [4.78, 5) is 13.7. The van der Waals surface area contributed by atoms with Gasteiger partial charge >= 0.3 is 6.36 Å². The van der Waals surface area contributed by atoms with Gasteiger partial charge in [-0.05, 0) is 47.4 Å². The third-order valence-electron chi connectivity index (χ3n) is 4.65. The van der Waals surface area contributed by atoms with E-state index in [1.807, 2.05) is 36.4 Å². The summed E-state index contributed by atoms with van der Waals surface area (Å²) in [6.07, 6.45) is 1.27. The Balaban J connectivity index is 1.42. The summed E-state index contributed by atoms with van der Waals surface area (Å²) in [5.41, 5.74) is 4.12. The van der Waals surface area contributed by atoms with Gasteiger partial charge in [-0.25, -0.2) is 0 Å². The summed E-state index contributed by atoms with van der Waals surface area (Å²) >= 11 is 5.95. The Morgan fingerprint density at radius 3 is 2.77 bits per heavy atom. The van der Waals surface area contributed by atoms with E-state index in [1.165, 1.54) is 11.1 Å². The minimum Gasteiger partial charge on any atom is -0.450 e. The van der Waals surface area contributed by atoms with Crippen molar-refractivity contribution in [2.45, 2.75) is 19.3 Å². The molecule has 0 bridgehead atoms. The monoisotopic (exact) mass is 372 g/mol. The third-order valence-corrected chi connectivity index (χ3v) is 4.90. The minimum atomic E-state index is -1.94. The highest BCUT2D eigenvalue weighted by Crippen LogP contribution is 2.31. The molecule has 0 aromatic heterocycles. The summed E-state index contributed by atoms with van der Waals surface area (Å²) in [5.74, 6) is -0.396. The fourth-order valence-electron chi connectivity index (χ4n) is 3.27. The van der Waals surface area contributed by atoms with Crippen molar-refractivity contribution in [3.63, 3.8) is 0 Å². The minimum absolute atomic E-state index is 0.365. The van der Waals surface area contributed by atoms with Crippen LogP contribution in [0.15, 0.2) is 48.5 Å². The highest BCUT2D eigenvalue weighted by Gasteiger charge is 2.27. The molecule has 134 valence electrons. The van der Waals surface area contributed by atoms with E-state index in [-0.39, 0.29) is 0 Å². The van der Waals surface area contributed by atoms with Crippen molar-refractivity contribution in [1.29, 1.82) is 0 Å². The maximum absolute atomic E-state index is 13.3. The quantitative estimate of drug-likeness (QED) is 0.875. The van der Waals surface area contributed by atoms with E-state index in [0.717, 1.165) is 36.6 Å². The molecular weight excluding hydrogens is 355 g/mol. The molecule has 2 aliphatic rings. The largest absolute Gasteiger partial charge is 0.450 e. The Bertz CT molecular complexity index is 867. The molecule has 2 aliphatic heterocycles. The molecule has 2 aromatic carbocycles. The zero-order valence-corrected chi connectivity index (χ0v) is 14.8. The molecule has 6 heteroatoms. The number of anilines is 1. The van der Waals surface area contributed by atoms with E-state index in [1.54, 1.807) is 6.07 Å². The van der Waals surface area contributed by atoms with Crippen LogP contribution in [-0.4, -0.2) is 30.3 Å². The molecule has 0 saturated carbocycles. The standard InChI is InChI=1S/C20H18ClFN2O2/c21-16-4-2-14(3-5-16)15-7-9-24(10-8-15)12-13-1-6-18-17(11-13)23-20(25)19(22)26-18/h1-7,11,19H,8-10,12H2,(H,23,25). The molecule has 1 unspecified atom stereocenters. The number of carbonyl (C=O) groups is 1. The van der Waals surface area contributed by atoms with E-state index in [9.17, 15) is 9.18 Å². The fourth-order valence-corrected chi connectivity index (χ4v) is 3.40. The average molecular weight is 373 g/mol. The number of amides is 1. The molecule has 26 heavy (non-hydrogen) atoms. The van der Waals surface area contributed by atoms with E-state index in [2.05, 4.69) is 16.3 Å². The lowest BCUT2D eigenvalue weighted by molar-refractivity contribution is -0.130. The van der Waals surface area contributed by atoms with Gasteiger partial charge in [0, 0.05) is 24.7 Å². The Morgan fingerprint density at radius 2 is 2.04 bits per heavy atom. The van der Waals surface area contributed by atoms with Crippen molar-refractivity contribution in [3.05, 3.63) is 64.7 Å². The number of hydrogen-bond acceptors (Lipinski definition) is 3. The molecule has 1 N–H and O–H groups in total. The van der Waals surface area contributed by atoms with Crippen molar-refractivity contribution in [2.24, 2.45) is 0 Å².